The molecule has 128 valence electrons. The minimum atomic E-state index is -4.57. The highest BCUT2D eigenvalue weighted by Crippen LogP contribution is 2.40. The van der Waals surface area contributed by atoms with E-state index < -0.39 is 11.7 Å². The molecule has 0 fully saturated rings. The lowest BCUT2D eigenvalue weighted by molar-refractivity contribution is -0.136. The van der Waals surface area contributed by atoms with Gasteiger partial charge in [-0.3, -0.25) is 0 Å². The molecule has 0 atom stereocenters. The van der Waals surface area contributed by atoms with Gasteiger partial charge in [0.25, 0.3) is 0 Å². The van der Waals surface area contributed by atoms with Crippen molar-refractivity contribution in [3.63, 3.8) is 0 Å². The SMILES string of the molecule is N#CC(C#N)=CNc1nc2nc(-c3ccccc3)cc(C(F)(F)F)c2s1. The maximum absolute atomic E-state index is 13.5. The number of halogens is 3. The van der Waals surface area contributed by atoms with E-state index in [4.69, 9.17) is 10.5 Å². The third-order valence-electron chi connectivity index (χ3n) is 3.32. The van der Waals surface area contributed by atoms with Crippen molar-refractivity contribution in [2.24, 2.45) is 0 Å². The van der Waals surface area contributed by atoms with E-state index in [1.54, 1.807) is 42.5 Å². The first-order valence-electron chi connectivity index (χ1n) is 7.13. The van der Waals surface area contributed by atoms with E-state index in [2.05, 4.69) is 15.3 Å². The van der Waals surface area contributed by atoms with Gasteiger partial charge in [-0.25, -0.2) is 4.98 Å². The van der Waals surface area contributed by atoms with Gasteiger partial charge >= 0.3 is 6.18 Å². The van der Waals surface area contributed by atoms with Crippen molar-refractivity contribution in [3.05, 3.63) is 53.7 Å². The minimum Gasteiger partial charge on any atom is -0.336 e. The van der Waals surface area contributed by atoms with E-state index in [0.29, 0.717) is 5.56 Å². The summed E-state index contributed by atoms with van der Waals surface area (Å²) in [5, 5.41) is 20.1. The molecule has 5 nitrogen and oxygen atoms in total. The Balaban J connectivity index is 2.14. The first kappa shape index (κ1) is 17.4. The zero-order valence-electron chi connectivity index (χ0n) is 12.9. The van der Waals surface area contributed by atoms with E-state index >= 15 is 0 Å². The number of anilines is 1. The molecule has 0 aliphatic heterocycles. The Morgan fingerprint density at radius 3 is 2.42 bits per heavy atom. The molecule has 1 N–H and O–H groups in total. The number of nitriles is 2. The van der Waals surface area contributed by atoms with Gasteiger partial charge in [0.1, 0.15) is 17.7 Å². The van der Waals surface area contributed by atoms with Gasteiger partial charge in [0.15, 0.2) is 10.8 Å². The van der Waals surface area contributed by atoms with E-state index in [9.17, 15) is 13.2 Å². The van der Waals surface area contributed by atoms with E-state index in [1.165, 1.54) is 0 Å². The molecule has 2 heterocycles. The molecule has 0 unspecified atom stereocenters. The van der Waals surface area contributed by atoms with Crippen molar-refractivity contribution in [2.75, 3.05) is 5.32 Å². The summed E-state index contributed by atoms with van der Waals surface area (Å²) < 4.78 is 40.3. The van der Waals surface area contributed by atoms with Crippen LogP contribution in [0.4, 0.5) is 18.3 Å². The second kappa shape index (κ2) is 6.82. The summed E-state index contributed by atoms with van der Waals surface area (Å²) in [4.78, 5) is 8.26. The predicted octanol–water partition coefficient (Wildman–Crippen LogP) is 4.72. The highest BCUT2D eigenvalue weighted by molar-refractivity contribution is 7.22. The number of nitrogens with zero attached hydrogens (tertiary/aromatic N) is 4. The highest BCUT2D eigenvalue weighted by Gasteiger charge is 2.35. The molecule has 1 aromatic carbocycles. The molecule has 0 amide bonds. The lowest BCUT2D eigenvalue weighted by Gasteiger charge is -2.09. The summed E-state index contributed by atoms with van der Waals surface area (Å²) in [7, 11) is 0. The summed E-state index contributed by atoms with van der Waals surface area (Å²) in [6, 6.07) is 12.8. The number of alkyl halides is 3. The second-order valence-electron chi connectivity index (χ2n) is 5.02. The Labute approximate surface area is 149 Å². The summed E-state index contributed by atoms with van der Waals surface area (Å²) in [5.74, 6) is 0. The molecule has 0 aliphatic rings. The Bertz CT molecular complexity index is 1060. The molecule has 0 radical (unpaired) electrons. The average molecular weight is 371 g/mol. The number of thiazole rings is 1. The van der Waals surface area contributed by atoms with Crippen LogP contribution in [0.1, 0.15) is 5.56 Å². The maximum atomic E-state index is 13.5. The molecule has 9 heteroatoms. The van der Waals surface area contributed by atoms with Crippen molar-refractivity contribution in [3.8, 4) is 23.4 Å². The van der Waals surface area contributed by atoms with Crippen molar-refractivity contribution in [2.45, 2.75) is 6.18 Å². The van der Waals surface area contributed by atoms with Gasteiger partial charge in [0.05, 0.1) is 16.0 Å². The molecule has 26 heavy (non-hydrogen) atoms. The first-order chi connectivity index (χ1) is 12.4. The molecule has 2 aromatic heterocycles. The number of pyridine rings is 1. The lowest BCUT2D eigenvalue weighted by atomic mass is 10.1. The zero-order valence-corrected chi connectivity index (χ0v) is 13.7. The van der Waals surface area contributed by atoms with Gasteiger partial charge < -0.3 is 5.32 Å². The van der Waals surface area contributed by atoms with Gasteiger partial charge in [0.2, 0.25) is 0 Å². The first-order valence-corrected chi connectivity index (χ1v) is 7.95. The van der Waals surface area contributed by atoms with Crippen LogP contribution >= 0.6 is 11.3 Å². The van der Waals surface area contributed by atoms with E-state index in [1.807, 2.05) is 0 Å². The predicted molar refractivity (Wildman–Crippen MR) is 90.8 cm³/mol. The Hall–Kier alpha value is -3.43. The van der Waals surface area contributed by atoms with E-state index in [0.717, 1.165) is 23.6 Å². The van der Waals surface area contributed by atoms with Crippen LogP contribution in [0, 0.1) is 22.7 Å². The minimum absolute atomic E-state index is 0.0601. The number of benzene rings is 1. The van der Waals surface area contributed by atoms with Gasteiger partial charge in [-0.1, -0.05) is 41.7 Å². The Morgan fingerprint density at radius 2 is 1.81 bits per heavy atom. The Morgan fingerprint density at radius 1 is 1.12 bits per heavy atom. The topological polar surface area (TPSA) is 85.4 Å². The van der Waals surface area contributed by atoms with Crippen molar-refractivity contribution >= 4 is 26.8 Å². The van der Waals surface area contributed by atoms with Gasteiger partial charge in [-0.15, -0.1) is 0 Å². The number of nitrogens with one attached hydrogen (secondary N) is 1. The molecular formula is C17H8F3N5S. The van der Waals surface area contributed by atoms with Crippen LogP contribution in [0.3, 0.4) is 0 Å². The van der Waals surface area contributed by atoms with E-state index in [-0.39, 0.29) is 26.7 Å². The fourth-order valence-corrected chi connectivity index (χ4v) is 3.07. The quantitative estimate of drug-likeness (QED) is 0.673. The highest BCUT2D eigenvalue weighted by atomic mass is 32.1. The number of aromatic nitrogens is 2. The Kier molecular flexibility index (Phi) is 4.57. The number of hydrogen-bond donors (Lipinski definition) is 1. The molecule has 0 bridgehead atoms. The van der Waals surface area contributed by atoms with Crippen LogP contribution in [0.25, 0.3) is 21.6 Å². The van der Waals surface area contributed by atoms with Crippen molar-refractivity contribution in [1.82, 2.24) is 9.97 Å². The van der Waals surface area contributed by atoms with Crippen molar-refractivity contribution in [1.29, 1.82) is 10.5 Å². The normalized spacial score (nSPS) is 10.8. The van der Waals surface area contributed by atoms with Crippen LogP contribution in [0.2, 0.25) is 0 Å². The van der Waals surface area contributed by atoms with Crippen LogP contribution in [-0.2, 0) is 6.18 Å². The zero-order chi connectivity index (χ0) is 18.7. The third-order valence-corrected chi connectivity index (χ3v) is 4.33. The number of allylic oxidation sites excluding steroid dienone is 1. The summed E-state index contributed by atoms with van der Waals surface area (Å²) in [5.41, 5.74) is -0.420. The number of rotatable bonds is 3. The van der Waals surface area contributed by atoms with Gasteiger partial charge in [-0.05, 0) is 6.07 Å². The molecular weight excluding hydrogens is 363 g/mol. The fraction of sp³-hybridized carbons (Fsp3) is 0.0588. The largest absolute Gasteiger partial charge is 0.417 e. The molecule has 3 aromatic rings. The lowest BCUT2D eigenvalue weighted by Crippen LogP contribution is -2.06. The molecule has 0 spiro atoms. The summed E-state index contributed by atoms with van der Waals surface area (Å²) in [6.45, 7) is 0. The van der Waals surface area contributed by atoms with Crippen LogP contribution in [-0.4, -0.2) is 9.97 Å². The standard InChI is InChI=1S/C17H8F3N5S/c18-17(19,20)12-6-13(11-4-2-1-3-5-11)24-15-14(12)26-16(25-15)23-9-10(7-21)8-22/h1-6,9H,(H,23,24,25). The monoisotopic (exact) mass is 371 g/mol. The third kappa shape index (κ3) is 3.48. The van der Waals surface area contributed by atoms with Crippen LogP contribution < -0.4 is 5.32 Å². The summed E-state index contributed by atoms with van der Waals surface area (Å²) in [6.07, 6.45) is -3.49. The second-order valence-corrected chi connectivity index (χ2v) is 6.02. The summed E-state index contributed by atoms with van der Waals surface area (Å²) >= 11 is 0.749. The molecule has 0 saturated carbocycles. The maximum Gasteiger partial charge on any atom is 0.417 e. The molecule has 3 rings (SSSR count). The molecule has 0 aliphatic carbocycles. The molecule has 0 saturated heterocycles. The van der Waals surface area contributed by atoms with Crippen molar-refractivity contribution < 1.29 is 13.2 Å². The van der Waals surface area contributed by atoms with Gasteiger partial charge in [0, 0.05) is 11.8 Å². The van der Waals surface area contributed by atoms with Crippen LogP contribution in [0.5, 0.6) is 0 Å². The fourth-order valence-electron chi connectivity index (χ4n) is 2.16. The van der Waals surface area contributed by atoms with Gasteiger partial charge in [-0.2, -0.15) is 28.7 Å². The smallest absolute Gasteiger partial charge is 0.336 e. The van der Waals surface area contributed by atoms with Crippen LogP contribution in [0.15, 0.2) is 48.2 Å². The number of fused-ring (bicyclic) bond motifs is 1. The number of hydrogen-bond acceptors (Lipinski definition) is 6. The average Bonchev–Trinajstić information content (AvgIpc) is 3.04.